The molecule has 96 valence electrons. The van der Waals surface area contributed by atoms with Crippen LogP contribution in [-0.2, 0) is 16.6 Å². The summed E-state index contributed by atoms with van der Waals surface area (Å²) in [7, 11) is -5.50. The molecule has 0 amide bonds. The van der Waals surface area contributed by atoms with Crippen LogP contribution in [0.1, 0.15) is 5.56 Å². The highest BCUT2D eigenvalue weighted by Gasteiger charge is 2.45. The molecule has 1 aromatic rings. The minimum Gasteiger partial charge on any atom is -0.207 e. The van der Waals surface area contributed by atoms with E-state index in [0.29, 0.717) is 0 Å². The minimum atomic E-state index is -5.50. The SMILES string of the molecule is O=S(=O)(NCc1c(F)cccc1Cl)C(F)(F)F. The van der Waals surface area contributed by atoms with E-state index in [1.807, 2.05) is 0 Å². The second-order valence-electron chi connectivity index (χ2n) is 2.97. The molecule has 0 bridgehead atoms. The second-order valence-corrected chi connectivity index (χ2v) is 5.14. The molecule has 0 fully saturated rings. The van der Waals surface area contributed by atoms with Gasteiger partial charge in [-0.05, 0) is 12.1 Å². The molecular formula is C8H6ClF4NO2S. The molecule has 0 saturated heterocycles. The number of benzene rings is 1. The van der Waals surface area contributed by atoms with E-state index in [1.54, 1.807) is 0 Å². The van der Waals surface area contributed by atoms with Crippen molar-refractivity contribution in [2.45, 2.75) is 12.1 Å². The molecule has 1 aromatic carbocycles. The summed E-state index contributed by atoms with van der Waals surface area (Å²) in [5.41, 5.74) is -5.79. The van der Waals surface area contributed by atoms with E-state index in [9.17, 15) is 26.0 Å². The van der Waals surface area contributed by atoms with E-state index in [2.05, 4.69) is 0 Å². The van der Waals surface area contributed by atoms with Gasteiger partial charge in [0, 0.05) is 17.1 Å². The van der Waals surface area contributed by atoms with Gasteiger partial charge in [0.15, 0.2) is 0 Å². The van der Waals surface area contributed by atoms with E-state index in [4.69, 9.17) is 11.6 Å². The van der Waals surface area contributed by atoms with Crippen molar-refractivity contribution < 1.29 is 26.0 Å². The van der Waals surface area contributed by atoms with E-state index in [-0.39, 0.29) is 10.6 Å². The first-order chi connectivity index (χ1) is 7.65. The van der Waals surface area contributed by atoms with Gasteiger partial charge in [0.2, 0.25) is 0 Å². The zero-order valence-electron chi connectivity index (χ0n) is 8.05. The van der Waals surface area contributed by atoms with Gasteiger partial charge >= 0.3 is 15.5 Å². The third-order valence-electron chi connectivity index (χ3n) is 1.81. The Kier molecular flexibility index (Phi) is 4.00. The van der Waals surface area contributed by atoms with Crippen LogP contribution in [0.15, 0.2) is 18.2 Å². The van der Waals surface area contributed by atoms with Crippen molar-refractivity contribution in [3.05, 3.63) is 34.6 Å². The molecule has 17 heavy (non-hydrogen) atoms. The zero-order chi connectivity index (χ0) is 13.3. The molecule has 0 aliphatic carbocycles. The summed E-state index contributed by atoms with van der Waals surface area (Å²) in [6.07, 6.45) is 0. The summed E-state index contributed by atoms with van der Waals surface area (Å²) in [6.45, 7) is -0.868. The Morgan fingerprint density at radius 1 is 1.29 bits per heavy atom. The number of hydrogen-bond donors (Lipinski definition) is 1. The Bertz CT molecular complexity index is 494. The molecule has 0 spiro atoms. The Morgan fingerprint density at radius 3 is 2.35 bits per heavy atom. The van der Waals surface area contributed by atoms with Gasteiger partial charge in [-0.2, -0.15) is 13.2 Å². The van der Waals surface area contributed by atoms with Crippen molar-refractivity contribution in [3.63, 3.8) is 0 Å². The van der Waals surface area contributed by atoms with Gasteiger partial charge in [0.1, 0.15) is 5.82 Å². The topological polar surface area (TPSA) is 46.2 Å². The van der Waals surface area contributed by atoms with E-state index < -0.39 is 27.9 Å². The van der Waals surface area contributed by atoms with Crippen molar-refractivity contribution in [3.8, 4) is 0 Å². The lowest BCUT2D eigenvalue weighted by Gasteiger charge is -2.10. The highest BCUT2D eigenvalue weighted by molar-refractivity contribution is 7.90. The van der Waals surface area contributed by atoms with Crippen LogP contribution in [0.3, 0.4) is 0 Å². The fraction of sp³-hybridized carbons (Fsp3) is 0.250. The molecule has 9 heteroatoms. The number of halogens is 5. The second kappa shape index (κ2) is 4.79. The average Bonchev–Trinajstić information content (AvgIpc) is 2.15. The van der Waals surface area contributed by atoms with E-state index >= 15 is 0 Å². The van der Waals surface area contributed by atoms with Crippen LogP contribution in [0.5, 0.6) is 0 Å². The molecule has 1 rings (SSSR count). The fourth-order valence-electron chi connectivity index (χ4n) is 0.950. The molecule has 0 saturated carbocycles. The van der Waals surface area contributed by atoms with Gasteiger partial charge in [0.25, 0.3) is 0 Å². The summed E-state index contributed by atoms with van der Waals surface area (Å²) in [5, 5.41) is -0.158. The lowest BCUT2D eigenvalue weighted by atomic mass is 10.2. The van der Waals surface area contributed by atoms with Crippen LogP contribution < -0.4 is 4.72 Å². The Balaban J connectivity index is 2.89. The summed E-state index contributed by atoms with van der Waals surface area (Å²) >= 11 is 5.52. The van der Waals surface area contributed by atoms with Crippen molar-refractivity contribution in [1.29, 1.82) is 0 Å². The standard InChI is InChI=1S/C8H6ClF4NO2S/c9-6-2-1-3-7(10)5(6)4-14-17(15,16)8(11,12)13/h1-3,14H,4H2. The summed E-state index contributed by atoms with van der Waals surface area (Å²) in [4.78, 5) is 0. The molecule has 0 aliphatic heterocycles. The number of rotatable bonds is 3. The van der Waals surface area contributed by atoms with Crippen LogP contribution >= 0.6 is 11.6 Å². The van der Waals surface area contributed by atoms with Crippen molar-refractivity contribution in [2.24, 2.45) is 0 Å². The Labute approximate surface area is 99.4 Å². The smallest absolute Gasteiger partial charge is 0.207 e. The summed E-state index contributed by atoms with van der Waals surface area (Å²) in [6, 6.07) is 3.45. The number of sulfonamides is 1. The van der Waals surface area contributed by atoms with Crippen LogP contribution in [0.4, 0.5) is 17.6 Å². The molecule has 0 aromatic heterocycles. The molecule has 0 aliphatic rings. The van der Waals surface area contributed by atoms with Gasteiger partial charge in [-0.3, -0.25) is 0 Å². The van der Waals surface area contributed by atoms with Crippen LogP contribution in [0.2, 0.25) is 5.02 Å². The monoisotopic (exact) mass is 291 g/mol. The van der Waals surface area contributed by atoms with Crippen LogP contribution in [-0.4, -0.2) is 13.9 Å². The van der Waals surface area contributed by atoms with E-state index in [1.165, 1.54) is 16.9 Å². The Morgan fingerprint density at radius 2 is 1.88 bits per heavy atom. The maximum atomic E-state index is 13.1. The first-order valence-electron chi connectivity index (χ1n) is 4.14. The maximum absolute atomic E-state index is 13.1. The largest absolute Gasteiger partial charge is 0.511 e. The number of alkyl halides is 3. The highest BCUT2D eigenvalue weighted by Crippen LogP contribution is 2.23. The molecule has 0 atom stereocenters. The molecular weight excluding hydrogens is 286 g/mol. The molecule has 0 heterocycles. The van der Waals surface area contributed by atoms with Gasteiger partial charge in [-0.15, -0.1) is 0 Å². The predicted molar refractivity (Wildman–Crippen MR) is 53.2 cm³/mol. The normalized spacial score (nSPS) is 12.8. The predicted octanol–water partition coefficient (Wildman–Crippen LogP) is 2.42. The summed E-state index contributed by atoms with van der Waals surface area (Å²) in [5.74, 6) is -0.887. The van der Waals surface area contributed by atoms with Crippen molar-refractivity contribution >= 4 is 21.6 Å². The van der Waals surface area contributed by atoms with Crippen LogP contribution in [0, 0.1) is 5.82 Å². The maximum Gasteiger partial charge on any atom is 0.511 e. The van der Waals surface area contributed by atoms with E-state index in [0.717, 1.165) is 6.07 Å². The first kappa shape index (κ1) is 14.2. The van der Waals surface area contributed by atoms with Crippen LogP contribution in [0.25, 0.3) is 0 Å². The lowest BCUT2D eigenvalue weighted by Crippen LogP contribution is -2.36. The average molecular weight is 292 g/mol. The fourth-order valence-corrected chi connectivity index (χ4v) is 1.68. The summed E-state index contributed by atoms with van der Waals surface area (Å²) < 4.78 is 71.5. The number of nitrogens with one attached hydrogen (secondary N) is 1. The zero-order valence-corrected chi connectivity index (χ0v) is 9.63. The van der Waals surface area contributed by atoms with Crippen molar-refractivity contribution in [1.82, 2.24) is 4.72 Å². The van der Waals surface area contributed by atoms with Gasteiger partial charge in [-0.1, -0.05) is 17.7 Å². The first-order valence-corrected chi connectivity index (χ1v) is 6.00. The number of hydrogen-bond acceptors (Lipinski definition) is 2. The van der Waals surface area contributed by atoms with Crippen molar-refractivity contribution in [2.75, 3.05) is 0 Å². The Hall–Kier alpha value is -0.860. The molecule has 1 N–H and O–H groups in total. The van der Waals surface area contributed by atoms with Gasteiger partial charge in [-0.25, -0.2) is 17.5 Å². The molecule has 0 radical (unpaired) electrons. The third kappa shape index (κ3) is 3.30. The molecule has 0 unspecified atom stereocenters. The third-order valence-corrected chi connectivity index (χ3v) is 3.29. The quantitative estimate of drug-likeness (QED) is 0.869. The molecule has 3 nitrogen and oxygen atoms in total. The minimum absolute atomic E-state index is 0.158. The highest BCUT2D eigenvalue weighted by atomic mass is 35.5. The lowest BCUT2D eigenvalue weighted by molar-refractivity contribution is -0.0448. The van der Waals surface area contributed by atoms with Gasteiger partial charge in [0.05, 0.1) is 0 Å². The van der Waals surface area contributed by atoms with Gasteiger partial charge < -0.3 is 0 Å².